The average Bonchev–Trinajstić information content (AvgIpc) is 1.97. The maximum absolute atomic E-state index is 8.46. The van der Waals surface area contributed by atoms with Crippen molar-refractivity contribution in [1.82, 2.24) is 5.43 Å². The minimum atomic E-state index is 0.120. The number of nitrogens with two attached hydrogens (primary N) is 1. The Kier molecular flexibility index (Phi) is 3.78. The molecule has 0 aromatic heterocycles. The number of nitriles is 1. The molecular weight excluding hydrogens is 150 g/mol. The average molecular weight is 167 g/mol. The summed E-state index contributed by atoms with van der Waals surface area (Å²) in [5.41, 5.74) is 3.45. The van der Waals surface area contributed by atoms with Crippen LogP contribution >= 0.6 is 0 Å². The summed E-state index contributed by atoms with van der Waals surface area (Å²) in [4.78, 5) is 0. The molecule has 0 saturated heterocycles. The van der Waals surface area contributed by atoms with Gasteiger partial charge in [-0.1, -0.05) is 27.7 Å². The number of allylic oxidation sites excluding steroid dienone is 2. The Labute approximate surface area is 74.2 Å². The van der Waals surface area contributed by atoms with Gasteiger partial charge < -0.3 is 5.43 Å². The fourth-order valence-corrected chi connectivity index (χ4v) is 0.828. The van der Waals surface area contributed by atoms with Crippen molar-refractivity contribution < 1.29 is 0 Å². The van der Waals surface area contributed by atoms with Gasteiger partial charge in [-0.25, -0.2) is 0 Å². The van der Waals surface area contributed by atoms with Crippen molar-refractivity contribution in [3.8, 4) is 6.07 Å². The van der Waals surface area contributed by atoms with E-state index in [9.17, 15) is 0 Å². The maximum atomic E-state index is 8.46. The molecule has 3 N–H and O–H groups in total. The van der Waals surface area contributed by atoms with Gasteiger partial charge in [-0.2, -0.15) is 5.26 Å². The first-order valence-corrected chi connectivity index (χ1v) is 3.99. The smallest absolute Gasteiger partial charge is 0.0930 e. The number of nitrogens with zero attached hydrogens (tertiary/aromatic N) is 1. The van der Waals surface area contributed by atoms with Crippen LogP contribution in [0.3, 0.4) is 0 Å². The van der Waals surface area contributed by atoms with Gasteiger partial charge in [0.25, 0.3) is 0 Å². The Bertz CT molecular complexity index is 205. The lowest BCUT2D eigenvalue weighted by Gasteiger charge is -2.28. The predicted octanol–water partition coefficient (Wildman–Crippen LogP) is 1.54. The van der Waals surface area contributed by atoms with E-state index in [0.717, 1.165) is 5.70 Å². The zero-order valence-corrected chi connectivity index (χ0v) is 8.18. The first-order chi connectivity index (χ1) is 5.43. The molecule has 0 fully saturated rings. The quantitative estimate of drug-likeness (QED) is 0.372. The molecule has 0 aliphatic carbocycles. The Hall–Kier alpha value is -1.01. The lowest BCUT2D eigenvalue weighted by atomic mass is 9.80. The molecule has 0 aliphatic heterocycles. The van der Waals surface area contributed by atoms with E-state index in [-0.39, 0.29) is 11.3 Å². The fourth-order valence-electron chi connectivity index (χ4n) is 0.828. The van der Waals surface area contributed by atoms with Crippen LogP contribution in [0.2, 0.25) is 0 Å². The van der Waals surface area contributed by atoms with Crippen molar-refractivity contribution >= 4 is 0 Å². The third-order valence-electron chi connectivity index (χ3n) is 2.15. The van der Waals surface area contributed by atoms with Crippen molar-refractivity contribution in [3.05, 3.63) is 11.8 Å². The molecule has 0 rings (SSSR count). The summed E-state index contributed by atoms with van der Waals surface area (Å²) in [7, 11) is 0. The molecule has 0 heterocycles. The molecule has 1 atom stereocenters. The highest BCUT2D eigenvalue weighted by Gasteiger charge is 2.22. The monoisotopic (exact) mass is 167 g/mol. The van der Waals surface area contributed by atoms with Gasteiger partial charge in [0.15, 0.2) is 0 Å². The molecule has 0 saturated carbocycles. The summed E-state index contributed by atoms with van der Waals surface area (Å²) >= 11 is 0. The van der Waals surface area contributed by atoms with Crippen LogP contribution in [0.1, 0.15) is 27.7 Å². The van der Waals surface area contributed by atoms with Gasteiger partial charge in [-0.3, -0.25) is 5.84 Å². The molecule has 3 nitrogen and oxygen atoms in total. The molecule has 0 aromatic carbocycles. The Morgan fingerprint density at radius 3 is 2.33 bits per heavy atom. The normalized spacial score (nSPS) is 15.2. The molecular formula is C9H17N3. The van der Waals surface area contributed by atoms with Crippen molar-refractivity contribution in [2.24, 2.45) is 17.2 Å². The molecule has 0 bridgehead atoms. The van der Waals surface area contributed by atoms with Crippen LogP contribution in [0.5, 0.6) is 0 Å². The van der Waals surface area contributed by atoms with E-state index in [1.54, 1.807) is 0 Å². The van der Waals surface area contributed by atoms with E-state index in [4.69, 9.17) is 11.1 Å². The van der Waals surface area contributed by atoms with E-state index in [2.05, 4.69) is 26.2 Å². The highest BCUT2D eigenvalue weighted by atomic mass is 15.2. The second kappa shape index (κ2) is 4.13. The van der Waals surface area contributed by atoms with E-state index in [0.29, 0.717) is 0 Å². The van der Waals surface area contributed by atoms with Crippen molar-refractivity contribution in [2.75, 3.05) is 0 Å². The van der Waals surface area contributed by atoms with Gasteiger partial charge >= 0.3 is 0 Å². The Morgan fingerprint density at radius 1 is 1.58 bits per heavy atom. The number of hydrazine groups is 1. The van der Waals surface area contributed by atoms with Crippen LogP contribution in [-0.4, -0.2) is 0 Å². The number of rotatable bonds is 2. The molecule has 3 heteroatoms. The third kappa shape index (κ3) is 2.93. The number of hydrogen-bond acceptors (Lipinski definition) is 3. The fraction of sp³-hybridized carbons (Fsp3) is 0.667. The molecule has 0 aliphatic rings. The van der Waals surface area contributed by atoms with Crippen LogP contribution in [0.25, 0.3) is 0 Å². The second-order valence-corrected chi connectivity index (χ2v) is 3.96. The van der Waals surface area contributed by atoms with Gasteiger partial charge in [-0.15, -0.1) is 0 Å². The van der Waals surface area contributed by atoms with E-state index in [1.807, 2.05) is 13.0 Å². The van der Waals surface area contributed by atoms with Crippen molar-refractivity contribution in [3.63, 3.8) is 0 Å². The maximum Gasteiger partial charge on any atom is 0.0930 e. The zero-order chi connectivity index (χ0) is 9.78. The zero-order valence-electron chi connectivity index (χ0n) is 8.18. The minimum Gasteiger partial charge on any atom is -0.327 e. The highest BCUT2D eigenvalue weighted by molar-refractivity contribution is 5.15. The largest absolute Gasteiger partial charge is 0.327 e. The molecule has 0 aromatic rings. The van der Waals surface area contributed by atoms with Crippen molar-refractivity contribution in [1.29, 1.82) is 5.26 Å². The van der Waals surface area contributed by atoms with Crippen molar-refractivity contribution in [2.45, 2.75) is 27.7 Å². The van der Waals surface area contributed by atoms with Gasteiger partial charge in [0.2, 0.25) is 0 Å². The van der Waals surface area contributed by atoms with Gasteiger partial charge in [0.05, 0.1) is 6.07 Å². The molecule has 1 unspecified atom stereocenters. The van der Waals surface area contributed by atoms with E-state index < -0.39 is 0 Å². The van der Waals surface area contributed by atoms with Crippen LogP contribution in [-0.2, 0) is 0 Å². The first kappa shape index (κ1) is 11.0. The Morgan fingerprint density at radius 2 is 2.08 bits per heavy atom. The topological polar surface area (TPSA) is 61.8 Å². The lowest BCUT2D eigenvalue weighted by Crippen LogP contribution is -2.31. The van der Waals surface area contributed by atoms with Gasteiger partial charge in [0, 0.05) is 17.7 Å². The van der Waals surface area contributed by atoms with Gasteiger partial charge in [0.1, 0.15) is 0 Å². The summed E-state index contributed by atoms with van der Waals surface area (Å²) in [5.74, 6) is 5.54. The molecule has 0 radical (unpaired) electrons. The summed E-state index contributed by atoms with van der Waals surface area (Å²) in [6, 6.07) is 1.97. The SMILES string of the molecule is CC(/C(=C\C#N)NN)C(C)(C)C. The van der Waals surface area contributed by atoms with Crippen LogP contribution < -0.4 is 11.3 Å². The first-order valence-electron chi connectivity index (χ1n) is 3.99. The highest BCUT2D eigenvalue weighted by Crippen LogP contribution is 2.29. The standard InChI is InChI=1S/C9H17N3/c1-7(9(2,3)4)8(12-11)5-6-10/h5,7,12H,11H2,1-4H3/b8-5+. The molecule has 68 valence electrons. The summed E-state index contributed by atoms with van der Waals surface area (Å²) in [6.07, 6.45) is 1.45. The summed E-state index contributed by atoms with van der Waals surface area (Å²) in [6.45, 7) is 8.38. The number of nitrogens with one attached hydrogen (secondary N) is 1. The lowest BCUT2D eigenvalue weighted by molar-refractivity contribution is 0.289. The Balaban J connectivity index is 4.57. The number of hydrogen-bond donors (Lipinski definition) is 2. The second-order valence-electron chi connectivity index (χ2n) is 3.96. The van der Waals surface area contributed by atoms with E-state index in [1.165, 1.54) is 6.08 Å². The predicted molar refractivity (Wildman–Crippen MR) is 49.6 cm³/mol. The van der Waals surface area contributed by atoms with Gasteiger partial charge in [-0.05, 0) is 5.41 Å². The van der Waals surface area contributed by atoms with Crippen LogP contribution in [0.4, 0.5) is 0 Å². The molecule has 0 amide bonds. The summed E-state index contributed by atoms with van der Waals surface area (Å²) in [5, 5.41) is 8.46. The minimum absolute atomic E-state index is 0.120. The van der Waals surface area contributed by atoms with Crippen LogP contribution in [0.15, 0.2) is 11.8 Å². The molecule has 0 spiro atoms. The van der Waals surface area contributed by atoms with Crippen LogP contribution in [0, 0.1) is 22.7 Å². The third-order valence-corrected chi connectivity index (χ3v) is 2.15. The van der Waals surface area contributed by atoms with E-state index >= 15 is 0 Å². The summed E-state index contributed by atoms with van der Waals surface area (Å²) < 4.78 is 0. The molecule has 12 heavy (non-hydrogen) atoms.